The van der Waals surface area contributed by atoms with Crippen molar-refractivity contribution in [3.8, 4) is 0 Å². The second-order valence-corrected chi connectivity index (χ2v) is 12.3. The molecule has 0 radical (unpaired) electrons. The number of rotatable bonds is 4. The molecule has 144 valence electrons. The lowest BCUT2D eigenvalue weighted by atomic mass is 10.2. The summed E-state index contributed by atoms with van der Waals surface area (Å²) >= 11 is 1.78. The third-order valence-corrected chi connectivity index (χ3v) is 10.3. The molecule has 3 aromatic rings. The fraction of sp³-hybridized carbons (Fsp3) is 0.182. The monoisotopic (exact) mass is 427 g/mol. The van der Waals surface area contributed by atoms with Crippen molar-refractivity contribution in [2.24, 2.45) is 0 Å². The van der Waals surface area contributed by atoms with Crippen LogP contribution in [-0.2, 0) is 16.2 Å². The van der Waals surface area contributed by atoms with Crippen LogP contribution in [0, 0.1) is 0 Å². The number of fused-ring (bicyclic) bond motifs is 1. The van der Waals surface area contributed by atoms with E-state index in [1.54, 1.807) is 36.0 Å². The van der Waals surface area contributed by atoms with Crippen molar-refractivity contribution in [3.05, 3.63) is 84.4 Å². The molecule has 6 heteroatoms. The number of sulfonamides is 1. The van der Waals surface area contributed by atoms with Gasteiger partial charge in [0.15, 0.2) is 0 Å². The minimum atomic E-state index is -3.60. The highest BCUT2D eigenvalue weighted by Crippen LogP contribution is 2.49. The van der Waals surface area contributed by atoms with Gasteiger partial charge in [-0.1, -0.05) is 75.5 Å². The standard InChI is InChI=1S/C22H22NO2PS2/c1-17-15-26(19-10-4-2-5-11-19)16-18-9-8-14-21(22(18)27-17)23-28(24,25)20-12-6-3-7-13-20/h2-14,17,23H,15-16H2,1H3. The Bertz CT molecular complexity index is 1060. The molecule has 1 aliphatic heterocycles. The third kappa shape index (κ3) is 4.27. The first kappa shape index (κ1) is 19.5. The molecule has 3 nitrogen and oxygen atoms in total. The molecule has 1 heterocycles. The molecule has 1 N–H and O–H groups in total. The lowest BCUT2D eigenvalue weighted by molar-refractivity contribution is 0.601. The van der Waals surface area contributed by atoms with Gasteiger partial charge in [0, 0.05) is 10.1 Å². The van der Waals surface area contributed by atoms with E-state index < -0.39 is 10.0 Å². The predicted molar refractivity (Wildman–Crippen MR) is 121 cm³/mol. The Morgan fingerprint density at radius 1 is 0.929 bits per heavy atom. The number of hydrogen-bond acceptors (Lipinski definition) is 3. The van der Waals surface area contributed by atoms with Crippen LogP contribution in [-0.4, -0.2) is 19.8 Å². The lowest BCUT2D eigenvalue weighted by Crippen LogP contribution is -2.14. The van der Waals surface area contributed by atoms with Crippen molar-refractivity contribution >= 4 is 40.7 Å². The van der Waals surface area contributed by atoms with E-state index in [1.165, 1.54) is 10.9 Å². The number of benzene rings is 3. The highest BCUT2D eigenvalue weighted by atomic mass is 32.2. The van der Waals surface area contributed by atoms with Gasteiger partial charge < -0.3 is 0 Å². The molecule has 2 atom stereocenters. The Morgan fingerprint density at radius 3 is 2.32 bits per heavy atom. The zero-order valence-electron chi connectivity index (χ0n) is 15.6. The van der Waals surface area contributed by atoms with Gasteiger partial charge >= 0.3 is 0 Å². The van der Waals surface area contributed by atoms with E-state index in [9.17, 15) is 8.42 Å². The quantitative estimate of drug-likeness (QED) is 0.576. The van der Waals surface area contributed by atoms with Crippen molar-refractivity contribution in [2.75, 3.05) is 10.9 Å². The van der Waals surface area contributed by atoms with Gasteiger partial charge in [-0.05, 0) is 41.4 Å². The fourth-order valence-corrected chi connectivity index (χ4v) is 8.84. The van der Waals surface area contributed by atoms with Gasteiger partial charge in [0.05, 0.1) is 10.6 Å². The number of thioether (sulfide) groups is 1. The van der Waals surface area contributed by atoms with Crippen LogP contribution >= 0.6 is 19.7 Å². The number of nitrogens with one attached hydrogen (secondary N) is 1. The summed E-state index contributed by atoms with van der Waals surface area (Å²) in [5.41, 5.74) is 1.92. The number of hydrogen-bond donors (Lipinski definition) is 1. The first-order valence-corrected chi connectivity index (χ1v) is 13.3. The molecular weight excluding hydrogens is 405 g/mol. The van der Waals surface area contributed by atoms with Crippen LogP contribution < -0.4 is 10.0 Å². The van der Waals surface area contributed by atoms with Crippen LogP contribution in [0.2, 0.25) is 0 Å². The van der Waals surface area contributed by atoms with E-state index in [2.05, 4.69) is 48.0 Å². The lowest BCUT2D eigenvalue weighted by Gasteiger charge is -2.17. The number of anilines is 1. The molecule has 0 amide bonds. The summed E-state index contributed by atoms with van der Waals surface area (Å²) in [4.78, 5) is 1.35. The predicted octanol–water partition coefficient (Wildman–Crippen LogP) is 5.29. The fourth-order valence-electron chi connectivity index (χ4n) is 3.39. The van der Waals surface area contributed by atoms with Crippen molar-refractivity contribution < 1.29 is 8.42 Å². The smallest absolute Gasteiger partial charge is 0.261 e. The van der Waals surface area contributed by atoms with Gasteiger partial charge in [-0.3, -0.25) is 4.72 Å². The van der Waals surface area contributed by atoms with Crippen LogP contribution in [0.3, 0.4) is 0 Å². The summed E-state index contributed by atoms with van der Waals surface area (Å²) in [7, 11) is -3.91. The van der Waals surface area contributed by atoms with Gasteiger partial charge in [-0.25, -0.2) is 8.42 Å². The van der Waals surface area contributed by atoms with Crippen molar-refractivity contribution in [3.63, 3.8) is 0 Å². The first-order valence-electron chi connectivity index (χ1n) is 9.19. The maximum atomic E-state index is 12.8. The van der Waals surface area contributed by atoms with Crippen LogP contribution in [0.5, 0.6) is 0 Å². The highest BCUT2D eigenvalue weighted by molar-refractivity contribution is 8.00. The van der Waals surface area contributed by atoms with E-state index in [-0.39, 0.29) is 12.8 Å². The van der Waals surface area contributed by atoms with Gasteiger partial charge in [0.25, 0.3) is 10.0 Å². The van der Waals surface area contributed by atoms with Gasteiger partial charge in [-0.15, -0.1) is 11.8 Å². The molecule has 0 aromatic heterocycles. The van der Waals surface area contributed by atoms with Crippen LogP contribution in [0.1, 0.15) is 12.5 Å². The summed E-state index contributed by atoms with van der Waals surface area (Å²) in [5, 5.41) is 1.84. The van der Waals surface area contributed by atoms with Gasteiger partial charge in [0.1, 0.15) is 0 Å². The maximum absolute atomic E-state index is 12.8. The summed E-state index contributed by atoms with van der Waals surface area (Å²) in [5.74, 6) is 0. The average Bonchev–Trinajstić information content (AvgIpc) is 2.88. The van der Waals surface area contributed by atoms with E-state index in [0.717, 1.165) is 17.2 Å². The van der Waals surface area contributed by atoms with Crippen molar-refractivity contribution in [1.82, 2.24) is 0 Å². The van der Waals surface area contributed by atoms with E-state index in [1.807, 2.05) is 18.2 Å². The maximum Gasteiger partial charge on any atom is 0.261 e. The zero-order chi connectivity index (χ0) is 19.6. The van der Waals surface area contributed by atoms with Gasteiger partial charge in [0.2, 0.25) is 0 Å². The summed E-state index contributed by atoms with van der Waals surface area (Å²) < 4.78 is 28.5. The molecule has 0 bridgehead atoms. The third-order valence-electron chi connectivity index (χ3n) is 4.67. The minimum Gasteiger partial charge on any atom is -0.278 e. The second kappa shape index (κ2) is 8.28. The van der Waals surface area contributed by atoms with Crippen molar-refractivity contribution in [2.45, 2.75) is 28.1 Å². The Balaban J connectivity index is 1.68. The first-order chi connectivity index (χ1) is 13.5. The SMILES string of the molecule is CC1CP(c2ccccc2)Cc2cccc(NS(=O)(=O)c3ccccc3)c2S1. The Hall–Kier alpha value is -1.81. The van der Waals surface area contributed by atoms with Crippen LogP contribution in [0.15, 0.2) is 88.7 Å². The van der Waals surface area contributed by atoms with E-state index >= 15 is 0 Å². The second-order valence-electron chi connectivity index (χ2n) is 6.86. The Kier molecular flexibility index (Phi) is 5.77. The molecule has 28 heavy (non-hydrogen) atoms. The molecule has 1 aliphatic rings. The van der Waals surface area contributed by atoms with Crippen LogP contribution in [0.4, 0.5) is 5.69 Å². The molecule has 3 aromatic carbocycles. The average molecular weight is 428 g/mol. The Labute approximate surface area is 172 Å². The molecule has 0 saturated heterocycles. The Morgan fingerprint density at radius 2 is 1.61 bits per heavy atom. The van der Waals surface area contributed by atoms with Crippen LogP contribution in [0.25, 0.3) is 0 Å². The topological polar surface area (TPSA) is 46.2 Å². The zero-order valence-corrected chi connectivity index (χ0v) is 18.1. The molecule has 0 fully saturated rings. The van der Waals surface area contributed by atoms with E-state index in [0.29, 0.717) is 10.9 Å². The molecular formula is C22H22NO2PS2. The summed E-state index contributed by atoms with van der Waals surface area (Å²) in [6.45, 7) is 2.24. The molecule has 0 saturated carbocycles. The summed E-state index contributed by atoms with van der Waals surface area (Å²) in [6.07, 6.45) is 2.11. The molecule has 0 aliphatic carbocycles. The highest BCUT2D eigenvalue weighted by Gasteiger charge is 2.25. The minimum absolute atomic E-state index is 0.283. The molecule has 2 unspecified atom stereocenters. The molecule has 0 spiro atoms. The van der Waals surface area contributed by atoms with E-state index in [4.69, 9.17) is 0 Å². The normalized spacial score (nSPS) is 19.5. The van der Waals surface area contributed by atoms with Gasteiger partial charge in [-0.2, -0.15) is 0 Å². The summed E-state index contributed by atoms with van der Waals surface area (Å²) in [6, 6.07) is 25.2. The molecule has 4 rings (SSSR count). The largest absolute Gasteiger partial charge is 0.278 e. The van der Waals surface area contributed by atoms with Crippen molar-refractivity contribution in [1.29, 1.82) is 0 Å².